The van der Waals surface area contributed by atoms with Gasteiger partial charge in [-0.3, -0.25) is 0 Å². The maximum absolute atomic E-state index is 14.0. The third-order valence-corrected chi connectivity index (χ3v) is 4.04. The highest BCUT2D eigenvalue weighted by Crippen LogP contribution is 2.29. The number of benzene rings is 2. The molecule has 0 bridgehead atoms. The van der Waals surface area contributed by atoms with Gasteiger partial charge in [-0.1, -0.05) is 40.2 Å². The molecule has 2 aromatic rings. The molecule has 0 amide bonds. The summed E-state index contributed by atoms with van der Waals surface area (Å²) in [4.78, 5) is 2.02. The van der Waals surface area contributed by atoms with E-state index in [0.29, 0.717) is 12.1 Å². The molecule has 2 N–H and O–H groups in total. The summed E-state index contributed by atoms with van der Waals surface area (Å²) in [5.41, 5.74) is 8.44. The van der Waals surface area contributed by atoms with Crippen LogP contribution in [0.2, 0.25) is 0 Å². The zero-order valence-electron chi connectivity index (χ0n) is 11.6. The fraction of sp³-hybridized carbons (Fsp3) is 0.250. The van der Waals surface area contributed by atoms with Gasteiger partial charge >= 0.3 is 0 Å². The van der Waals surface area contributed by atoms with Crippen LogP contribution in [0.25, 0.3) is 0 Å². The second-order valence-electron chi connectivity index (χ2n) is 4.91. The smallest absolute Gasteiger partial charge is 0.130 e. The number of nitrogens with two attached hydrogens (primary N) is 1. The fourth-order valence-corrected chi connectivity index (χ4v) is 2.69. The van der Waals surface area contributed by atoms with E-state index in [0.717, 1.165) is 15.7 Å². The van der Waals surface area contributed by atoms with Gasteiger partial charge in [0.05, 0.1) is 0 Å². The number of nitrogens with zero attached hydrogens (tertiary/aromatic N) is 1. The summed E-state index contributed by atoms with van der Waals surface area (Å²) in [5, 5.41) is 0. The predicted molar refractivity (Wildman–Crippen MR) is 85.3 cm³/mol. The van der Waals surface area contributed by atoms with Gasteiger partial charge in [0.2, 0.25) is 0 Å². The fourth-order valence-electron chi connectivity index (χ4n) is 2.28. The summed E-state index contributed by atoms with van der Waals surface area (Å²) >= 11 is 3.53. The van der Waals surface area contributed by atoms with E-state index in [1.807, 2.05) is 42.3 Å². The van der Waals surface area contributed by atoms with E-state index >= 15 is 0 Å². The summed E-state index contributed by atoms with van der Waals surface area (Å²) in [7, 11) is 1.94. The van der Waals surface area contributed by atoms with Gasteiger partial charge in [-0.05, 0) is 30.7 Å². The minimum atomic E-state index is -0.340. The van der Waals surface area contributed by atoms with Crippen molar-refractivity contribution in [3.8, 4) is 0 Å². The molecule has 4 heteroatoms. The first-order chi connectivity index (χ1) is 9.50. The first-order valence-electron chi connectivity index (χ1n) is 6.49. The van der Waals surface area contributed by atoms with E-state index in [2.05, 4.69) is 15.9 Å². The van der Waals surface area contributed by atoms with Crippen molar-refractivity contribution in [2.75, 3.05) is 11.9 Å². The molecule has 0 saturated heterocycles. The Morgan fingerprint density at radius 2 is 1.90 bits per heavy atom. The third kappa shape index (κ3) is 3.19. The third-order valence-electron chi connectivity index (χ3n) is 3.26. The van der Waals surface area contributed by atoms with Crippen LogP contribution in [0.5, 0.6) is 0 Å². The minimum absolute atomic E-state index is 0.253. The highest BCUT2D eigenvalue weighted by Gasteiger charge is 2.16. The van der Waals surface area contributed by atoms with Gasteiger partial charge in [0, 0.05) is 35.4 Å². The van der Waals surface area contributed by atoms with Crippen LogP contribution in [0.3, 0.4) is 0 Å². The first-order valence-corrected chi connectivity index (χ1v) is 7.28. The Bertz CT molecular complexity index is 599. The Hall–Kier alpha value is -1.39. The normalized spacial score (nSPS) is 12.2. The van der Waals surface area contributed by atoms with Crippen LogP contribution in [0.1, 0.15) is 24.1 Å². The topological polar surface area (TPSA) is 29.3 Å². The van der Waals surface area contributed by atoms with Crippen molar-refractivity contribution < 1.29 is 4.39 Å². The Labute approximate surface area is 127 Å². The van der Waals surface area contributed by atoms with Crippen LogP contribution < -0.4 is 10.6 Å². The Kier molecular flexibility index (Phi) is 4.78. The molecule has 0 aliphatic heterocycles. The molecule has 2 nitrogen and oxygen atoms in total. The monoisotopic (exact) mass is 336 g/mol. The van der Waals surface area contributed by atoms with E-state index in [1.54, 1.807) is 13.0 Å². The molecule has 2 aromatic carbocycles. The van der Waals surface area contributed by atoms with Crippen LogP contribution in [0, 0.1) is 5.82 Å². The van der Waals surface area contributed by atoms with Gasteiger partial charge in [-0.2, -0.15) is 0 Å². The quantitative estimate of drug-likeness (QED) is 0.904. The minimum Gasteiger partial charge on any atom is -0.370 e. The van der Waals surface area contributed by atoms with Gasteiger partial charge in [0.25, 0.3) is 0 Å². The Morgan fingerprint density at radius 1 is 1.20 bits per heavy atom. The van der Waals surface area contributed by atoms with Gasteiger partial charge in [0.1, 0.15) is 5.82 Å². The lowest BCUT2D eigenvalue weighted by atomic mass is 10.0. The Morgan fingerprint density at radius 3 is 2.55 bits per heavy atom. The molecule has 0 saturated carbocycles. The molecule has 1 atom stereocenters. The molecule has 0 aliphatic carbocycles. The zero-order valence-corrected chi connectivity index (χ0v) is 13.2. The molecule has 2 rings (SSSR count). The second kappa shape index (κ2) is 6.37. The molecule has 20 heavy (non-hydrogen) atoms. The first kappa shape index (κ1) is 15.0. The summed E-state index contributed by atoms with van der Waals surface area (Å²) in [6.45, 7) is 2.48. The second-order valence-corrected chi connectivity index (χ2v) is 5.76. The standard InChI is InChI=1S/C16H18BrFN2/c1-11(19)16-14(18)8-5-9-15(16)20(2)10-12-6-3-4-7-13(12)17/h3-9,11H,10,19H2,1-2H3. The highest BCUT2D eigenvalue weighted by molar-refractivity contribution is 9.10. The number of rotatable bonds is 4. The molecule has 0 spiro atoms. The van der Waals surface area contributed by atoms with E-state index in [-0.39, 0.29) is 11.9 Å². The summed E-state index contributed by atoms with van der Waals surface area (Å²) < 4.78 is 15.0. The van der Waals surface area contributed by atoms with Crippen molar-refractivity contribution in [2.45, 2.75) is 19.5 Å². The average Bonchev–Trinajstić information content (AvgIpc) is 2.40. The number of hydrogen-bond donors (Lipinski definition) is 1. The lowest BCUT2D eigenvalue weighted by Crippen LogP contribution is -2.21. The zero-order chi connectivity index (χ0) is 14.7. The number of hydrogen-bond acceptors (Lipinski definition) is 2. The van der Waals surface area contributed by atoms with Crippen LogP contribution in [-0.4, -0.2) is 7.05 Å². The summed E-state index contributed by atoms with van der Waals surface area (Å²) in [6.07, 6.45) is 0. The van der Waals surface area contributed by atoms with Gasteiger partial charge in [-0.25, -0.2) is 4.39 Å². The van der Waals surface area contributed by atoms with E-state index in [4.69, 9.17) is 5.73 Å². The lowest BCUT2D eigenvalue weighted by molar-refractivity contribution is 0.592. The molecule has 0 fully saturated rings. The average molecular weight is 337 g/mol. The summed E-state index contributed by atoms with van der Waals surface area (Å²) in [5.74, 6) is -0.253. The van der Waals surface area contributed by atoms with Gasteiger partial charge < -0.3 is 10.6 Å². The van der Waals surface area contributed by atoms with Crippen molar-refractivity contribution in [3.05, 3.63) is 63.9 Å². The molecule has 0 radical (unpaired) electrons. The molecule has 0 heterocycles. The van der Waals surface area contributed by atoms with Gasteiger partial charge in [-0.15, -0.1) is 0 Å². The maximum atomic E-state index is 14.0. The van der Waals surface area contributed by atoms with Crippen LogP contribution in [0.4, 0.5) is 10.1 Å². The van der Waals surface area contributed by atoms with Crippen molar-refractivity contribution in [1.29, 1.82) is 0 Å². The molecule has 106 valence electrons. The van der Waals surface area contributed by atoms with Crippen molar-refractivity contribution >= 4 is 21.6 Å². The summed E-state index contributed by atoms with van der Waals surface area (Å²) in [6, 6.07) is 12.7. The number of anilines is 1. The largest absolute Gasteiger partial charge is 0.370 e. The van der Waals surface area contributed by atoms with Crippen molar-refractivity contribution in [1.82, 2.24) is 0 Å². The van der Waals surface area contributed by atoms with Gasteiger partial charge in [0.15, 0.2) is 0 Å². The molecular formula is C16H18BrFN2. The highest BCUT2D eigenvalue weighted by atomic mass is 79.9. The lowest BCUT2D eigenvalue weighted by Gasteiger charge is -2.25. The van der Waals surface area contributed by atoms with E-state index < -0.39 is 0 Å². The van der Waals surface area contributed by atoms with E-state index in [1.165, 1.54) is 6.07 Å². The SMILES string of the molecule is CC(N)c1c(F)cccc1N(C)Cc1ccccc1Br. The number of halogens is 2. The molecular weight excluding hydrogens is 319 g/mol. The van der Waals surface area contributed by atoms with Crippen LogP contribution in [0.15, 0.2) is 46.9 Å². The maximum Gasteiger partial charge on any atom is 0.130 e. The molecule has 0 aromatic heterocycles. The van der Waals surface area contributed by atoms with Crippen LogP contribution >= 0.6 is 15.9 Å². The Balaban J connectivity index is 2.33. The predicted octanol–water partition coefficient (Wildman–Crippen LogP) is 4.24. The van der Waals surface area contributed by atoms with Crippen molar-refractivity contribution in [2.24, 2.45) is 5.73 Å². The van der Waals surface area contributed by atoms with E-state index in [9.17, 15) is 4.39 Å². The van der Waals surface area contributed by atoms with Crippen LogP contribution in [-0.2, 0) is 6.54 Å². The van der Waals surface area contributed by atoms with Crippen molar-refractivity contribution in [3.63, 3.8) is 0 Å². The molecule has 0 aliphatic rings. The molecule has 1 unspecified atom stereocenters.